The molecule has 1 aromatic carbocycles. The predicted molar refractivity (Wildman–Crippen MR) is 103 cm³/mol. The molecule has 1 aromatic heterocycles. The number of esters is 1. The third kappa shape index (κ3) is 5.48. The summed E-state index contributed by atoms with van der Waals surface area (Å²) in [4.78, 5) is 23.1. The van der Waals surface area contributed by atoms with E-state index < -0.39 is 17.3 Å². The number of para-hydroxylation sites is 1. The van der Waals surface area contributed by atoms with E-state index in [9.17, 15) is 14.7 Å². The summed E-state index contributed by atoms with van der Waals surface area (Å²) in [6, 6.07) is 4.88. The van der Waals surface area contributed by atoms with Gasteiger partial charge in [0.1, 0.15) is 6.61 Å². The highest BCUT2D eigenvalue weighted by atomic mass is 16.5. The molecule has 0 spiro atoms. The molecule has 0 fully saturated rings. The summed E-state index contributed by atoms with van der Waals surface area (Å²) < 4.78 is 15.8. The van der Waals surface area contributed by atoms with E-state index in [1.54, 1.807) is 18.2 Å². The first-order valence-corrected chi connectivity index (χ1v) is 8.68. The van der Waals surface area contributed by atoms with Crippen LogP contribution in [0.3, 0.4) is 0 Å². The molecule has 0 aliphatic rings. The van der Waals surface area contributed by atoms with Gasteiger partial charge >= 0.3 is 11.6 Å². The number of benzene rings is 1. The van der Waals surface area contributed by atoms with Crippen molar-refractivity contribution in [3.63, 3.8) is 0 Å². The molecule has 2 rings (SSSR count). The maximum Gasteiger partial charge on any atom is 0.382 e. The Labute approximate surface area is 157 Å². The second-order valence-electron chi connectivity index (χ2n) is 6.48. The summed E-state index contributed by atoms with van der Waals surface area (Å²) in [5, 5.41) is 10.1. The minimum atomic E-state index is -0.997. The third-order valence-corrected chi connectivity index (χ3v) is 3.83. The van der Waals surface area contributed by atoms with Crippen molar-refractivity contribution in [2.75, 3.05) is 6.61 Å². The number of ether oxygens (including phenoxy) is 2. The highest BCUT2D eigenvalue weighted by Gasteiger charge is 2.19. The SMILES string of the molecule is CC(=O)Oc1c(O)c(=O)oc2c(OCC=C(C)CCC=C(C)C)cccc12. The van der Waals surface area contributed by atoms with E-state index in [1.807, 2.05) is 13.0 Å². The number of fused-ring (bicyclic) bond motifs is 1. The number of hydrogen-bond donors (Lipinski definition) is 1. The van der Waals surface area contributed by atoms with Crippen molar-refractivity contribution in [2.45, 2.75) is 40.5 Å². The highest BCUT2D eigenvalue weighted by Crippen LogP contribution is 2.36. The largest absolute Gasteiger partial charge is 0.499 e. The minimum absolute atomic E-state index is 0.118. The van der Waals surface area contributed by atoms with E-state index in [2.05, 4.69) is 19.9 Å². The highest BCUT2D eigenvalue weighted by molar-refractivity contribution is 5.91. The van der Waals surface area contributed by atoms with Gasteiger partial charge in [0.15, 0.2) is 17.1 Å². The molecule has 0 saturated carbocycles. The van der Waals surface area contributed by atoms with Gasteiger partial charge in [0.05, 0.1) is 5.39 Å². The van der Waals surface area contributed by atoms with Gasteiger partial charge in [-0.25, -0.2) is 4.79 Å². The van der Waals surface area contributed by atoms with Gasteiger partial charge in [-0.3, -0.25) is 4.79 Å². The Morgan fingerprint density at radius 1 is 1.19 bits per heavy atom. The topological polar surface area (TPSA) is 86.0 Å². The van der Waals surface area contributed by atoms with Crippen molar-refractivity contribution < 1.29 is 23.8 Å². The van der Waals surface area contributed by atoms with Crippen LogP contribution >= 0.6 is 0 Å². The fraction of sp³-hybridized carbons (Fsp3) is 0.333. The standard InChI is InChI=1S/C21H24O6/c1-13(2)7-5-8-14(3)11-12-25-17-10-6-9-16-19(17)27-21(24)18(23)20(16)26-15(4)22/h6-7,9-11,23H,5,8,12H2,1-4H3. The van der Waals surface area contributed by atoms with Crippen molar-refractivity contribution in [1.82, 2.24) is 0 Å². The zero-order valence-corrected chi connectivity index (χ0v) is 16.0. The monoisotopic (exact) mass is 372 g/mol. The molecule has 6 heteroatoms. The molecule has 27 heavy (non-hydrogen) atoms. The number of carbonyl (C=O) groups is 1. The molecule has 0 amide bonds. The summed E-state index contributed by atoms with van der Waals surface area (Å²) in [6.45, 7) is 7.65. The molecule has 144 valence electrons. The molecular weight excluding hydrogens is 348 g/mol. The normalized spacial score (nSPS) is 11.3. The fourth-order valence-electron chi connectivity index (χ4n) is 2.49. The molecular formula is C21H24O6. The molecule has 0 aliphatic heterocycles. The van der Waals surface area contributed by atoms with Crippen molar-refractivity contribution in [3.05, 3.63) is 51.9 Å². The van der Waals surface area contributed by atoms with Crippen LogP contribution in [0.1, 0.15) is 40.5 Å². The lowest BCUT2D eigenvalue weighted by atomic mass is 10.1. The summed E-state index contributed by atoms with van der Waals surface area (Å²) in [5.74, 6) is -1.30. The summed E-state index contributed by atoms with van der Waals surface area (Å²) in [7, 11) is 0. The average Bonchev–Trinajstić information content (AvgIpc) is 2.59. The number of aromatic hydroxyl groups is 1. The van der Waals surface area contributed by atoms with Gasteiger partial charge in [-0.2, -0.15) is 0 Å². The summed E-state index contributed by atoms with van der Waals surface area (Å²) in [6.07, 6.45) is 6.05. The van der Waals surface area contributed by atoms with E-state index in [1.165, 1.54) is 18.1 Å². The Hall–Kier alpha value is -3.02. The summed E-state index contributed by atoms with van der Waals surface area (Å²) in [5.41, 5.74) is 1.60. The van der Waals surface area contributed by atoms with Crippen LogP contribution in [0.2, 0.25) is 0 Å². The van der Waals surface area contributed by atoms with Crippen molar-refractivity contribution in [2.24, 2.45) is 0 Å². The van der Waals surface area contributed by atoms with Crippen LogP contribution in [0.25, 0.3) is 11.0 Å². The molecule has 1 N–H and O–H groups in total. The number of allylic oxidation sites excluding steroid dienone is 3. The van der Waals surface area contributed by atoms with Gasteiger partial charge < -0.3 is 19.0 Å². The van der Waals surface area contributed by atoms with Gasteiger partial charge in [-0.15, -0.1) is 0 Å². The predicted octanol–water partition coefficient (Wildman–Crippen LogP) is 4.50. The minimum Gasteiger partial charge on any atom is -0.499 e. The molecule has 0 radical (unpaired) electrons. The van der Waals surface area contributed by atoms with Gasteiger partial charge in [-0.1, -0.05) is 23.3 Å². The lowest BCUT2D eigenvalue weighted by molar-refractivity contribution is -0.131. The van der Waals surface area contributed by atoms with Crippen LogP contribution in [-0.4, -0.2) is 17.7 Å². The maximum absolute atomic E-state index is 11.9. The van der Waals surface area contributed by atoms with E-state index in [0.717, 1.165) is 12.8 Å². The molecule has 2 aromatic rings. The van der Waals surface area contributed by atoms with Crippen LogP contribution < -0.4 is 15.1 Å². The van der Waals surface area contributed by atoms with E-state index in [-0.39, 0.29) is 16.7 Å². The van der Waals surface area contributed by atoms with E-state index >= 15 is 0 Å². The van der Waals surface area contributed by atoms with Gasteiger partial charge in [0.25, 0.3) is 0 Å². The Morgan fingerprint density at radius 3 is 2.59 bits per heavy atom. The first-order chi connectivity index (χ1) is 12.8. The molecule has 0 atom stereocenters. The first kappa shape index (κ1) is 20.3. The van der Waals surface area contributed by atoms with Crippen molar-refractivity contribution >= 4 is 16.9 Å². The maximum atomic E-state index is 11.9. The third-order valence-electron chi connectivity index (χ3n) is 3.83. The number of hydrogen-bond acceptors (Lipinski definition) is 6. The van der Waals surface area contributed by atoms with Gasteiger partial charge in [0.2, 0.25) is 5.75 Å². The Balaban J connectivity index is 2.24. The molecule has 6 nitrogen and oxygen atoms in total. The van der Waals surface area contributed by atoms with Crippen LogP contribution in [0.4, 0.5) is 0 Å². The average molecular weight is 372 g/mol. The zero-order chi connectivity index (χ0) is 20.0. The Bertz CT molecular complexity index is 945. The van der Waals surface area contributed by atoms with Crippen molar-refractivity contribution in [3.8, 4) is 17.2 Å². The van der Waals surface area contributed by atoms with E-state index in [4.69, 9.17) is 13.9 Å². The first-order valence-electron chi connectivity index (χ1n) is 8.68. The molecule has 0 unspecified atom stereocenters. The second kappa shape index (κ2) is 9.07. The molecule has 0 saturated heterocycles. The molecule has 0 aliphatic carbocycles. The summed E-state index contributed by atoms with van der Waals surface area (Å²) >= 11 is 0. The Morgan fingerprint density at radius 2 is 1.93 bits per heavy atom. The number of carbonyl (C=O) groups excluding carboxylic acids is 1. The van der Waals surface area contributed by atoms with Gasteiger partial charge in [0, 0.05) is 6.92 Å². The lowest BCUT2D eigenvalue weighted by Gasteiger charge is -2.10. The van der Waals surface area contributed by atoms with Crippen LogP contribution in [0.15, 0.2) is 50.7 Å². The van der Waals surface area contributed by atoms with Crippen LogP contribution in [0.5, 0.6) is 17.2 Å². The molecule has 1 heterocycles. The van der Waals surface area contributed by atoms with Crippen LogP contribution in [-0.2, 0) is 4.79 Å². The zero-order valence-electron chi connectivity index (χ0n) is 16.0. The van der Waals surface area contributed by atoms with Crippen molar-refractivity contribution in [1.29, 1.82) is 0 Å². The quantitative estimate of drug-likeness (QED) is 0.438. The lowest BCUT2D eigenvalue weighted by Crippen LogP contribution is -2.08. The molecule has 0 bridgehead atoms. The second-order valence-corrected chi connectivity index (χ2v) is 6.48. The Kier molecular flexibility index (Phi) is 6.82. The van der Waals surface area contributed by atoms with Gasteiger partial charge in [-0.05, 0) is 51.8 Å². The fourth-order valence-corrected chi connectivity index (χ4v) is 2.49. The van der Waals surface area contributed by atoms with Crippen LogP contribution in [0, 0.1) is 0 Å². The smallest absolute Gasteiger partial charge is 0.382 e. The number of rotatable bonds is 7. The van der Waals surface area contributed by atoms with E-state index in [0.29, 0.717) is 12.4 Å².